The van der Waals surface area contributed by atoms with Gasteiger partial charge in [-0.15, -0.1) is 0 Å². The minimum atomic E-state index is -0.545. The maximum Gasteiger partial charge on any atom is 0.260 e. The van der Waals surface area contributed by atoms with Gasteiger partial charge < -0.3 is 14.7 Å². The fourth-order valence-corrected chi connectivity index (χ4v) is 2.48. The van der Waals surface area contributed by atoms with E-state index >= 15 is 0 Å². The predicted octanol–water partition coefficient (Wildman–Crippen LogP) is 2.52. The Labute approximate surface area is 120 Å². The van der Waals surface area contributed by atoms with Crippen LogP contribution in [0.4, 0.5) is 0 Å². The van der Waals surface area contributed by atoms with E-state index in [0.717, 1.165) is 31.5 Å². The Morgan fingerprint density at radius 2 is 2.00 bits per heavy atom. The highest BCUT2D eigenvalue weighted by molar-refractivity contribution is 5.77. The molecule has 0 radical (unpaired) electrons. The van der Waals surface area contributed by atoms with E-state index in [1.165, 1.54) is 6.42 Å². The predicted molar refractivity (Wildman–Crippen MR) is 77.6 cm³/mol. The number of aliphatic hydroxyl groups is 1. The van der Waals surface area contributed by atoms with Crippen LogP contribution in [0.25, 0.3) is 0 Å². The molecule has 4 heteroatoms. The number of aliphatic hydroxyl groups excluding tert-OH is 1. The Balaban J connectivity index is 1.94. The van der Waals surface area contributed by atoms with Crippen LogP contribution in [0.15, 0.2) is 24.3 Å². The Bertz CT molecular complexity index is 441. The van der Waals surface area contributed by atoms with Gasteiger partial charge in [-0.3, -0.25) is 4.79 Å². The number of carbonyl (C=O) groups excluding carboxylic acids is 1. The van der Waals surface area contributed by atoms with Gasteiger partial charge in [0.15, 0.2) is 6.61 Å². The lowest BCUT2D eigenvalue weighted by Gasteiger charge is -2.26. The van der Waals surface area contributed by atoms with Gasteiger partial charge in [-0.25, -0.2) is 0 Å². The van der Waals surface area contributed by atoms with E-state index in [1.807, 2.05) is 30.0 Å². The van der Waals surface area contributed by atoms with Gasteiger partial charge in [0.1, 0.15) is 5.75 Å². The van der Waals surface area contributed by atoms with Crippen molar-refractivity contribution in [3.05, 3.63) is 29.8 Å². The first-order valence-electron chi connectivity index (χ1n) is 7.40. The maximum absolute atomic E-state index is 12.1. The van der Waals surface area contributed by atoms with Crippen molar-refractivity contribution in [2.45, 2.75) is 38.7 Å². The van der Waals surface area contributed by atoms with Gasteiger partial charge in [-0.1, -0.05) is 25.1 Å². The molecule has 110 valence electrons. The molecular weight excluding hydrogens is 254 g/mol. The van der Waals surface area contributed by atoms with Crippen molar-refractivity contribution < 1.29 is 14.6 Å². The molecule has 1 aliphatic heterocycles. The zero-order valence-corrected chi connectivity index (χ0v) is 12.0. The molecule has 1 aromatic carbocycles. The van der Waals surface area contributed by atoms with Gasteiger partial charge in [-0.05, 0) is 31.7 Å². The first kappa shape index (κ1) is 14.9. The first-order chi connectivity index (χ1) is 9.72. The van der Waals surface area contributed by atoms with Crippen molar-refractivity contribution in [2.75, 3.05) is 19.7 Å². The Kier molecular flexibility index (Phi) is 5.41. The zero-order chi connectivity index (χ0) is 14.4. The summed E-state index contributed by atoms with van der Waals surface area (Å²) in [5.74, 6) is 0.637. The summed E-state index contributed by atoms with van der Waals surface area (Å²) in [4.78, 5) is 13.9. The van der Waals surface area contributed by atoms with Gasteiger partial charge >= 0.3 is 0 Å². The summed E-state index contributed by atoms with van der Waals surface area (Å²) in [5, 5.41) is 9.95. The second-order valence-corrected chi connectivity index (χ2v) is 5.19. The van der Waals surface area contributed by atoms with Crippen molar-refractivity contribution >= 4 is 5.91 Å². The molecule has 1 aliphatic rings. The number of hydrogen-bond donors (Lipinski definition) is 1. The molecule has 0 bridgehead atoms. The number of likely N-dealkylation sites (tertiary alicyclic amines) is 1. The highest BCUT2D eigenvalue weighted by atomic mass is 16.5. The zero-order valence-electron chi connectivity index (χ0n) is 12.0. The Hall–Kier alpha value is -1.55. The molecule has 1 amide bonds. The molecular formula is C16H23NO3. The number of rotatable bonds is 5. The lowest BCUT2D eigenvalue weighted by Crippen LogP contribution is -2.38. The average Bonchev–Trinajstić information content (AvgIpc) is 2.53. The number of ether oxygens (including phenoxy) is 1. The molecule has 1 fully saturated rings. The number of benzene rings is 1. The van der Waals surface area contributed by atoms with Crippen LogP contribution in [-0.4, -0.2) is 35.6 Å². The first-order valence-corrected chi connectivity index (χ1v) is 7.40. The second-order valence-electron chi connectivity index (χ2n) is 5.19. The topological polar surface area (TPSA) is 49.8 Å². The van der Waals surface area contributed by atoms with E-state index in [-0.39, 0.29) is 12.5 Å². The molecule has 0 spiro atoms. The van der Waals surface area contributed by atoms with Crippen LogP contribution in [0.3, 0.4) is 0 Å². The van der Waals surface area contributed by atoms with Crippen LogP contribution in [0.1, 0.15) is 44.3 Å². The van der Waals surface area contributed by atoms with E-state index in [2.05, 4.69) is 0 Å². The molecule has 2 rings (SSSR count). The van der Waals surface area contributed by atoms with Crippen LogP contribution in [0.5, 0.6) is 5.75 Å². The van der Waals surface area contributed by atoms with Gasteiger partial charge in [0.05, 0.1) is 6.10 Å². The summed E-state index contributed by atoms with van der Waals surface area (Å²) in [6, 6.07) is 7.37. The van der Waals surface area contributed by atoms with Crippen molar-refractivity contribution in [3.8, 4) is 5.75 Å². The highest BCUT2D eigenvalue weighted by Crippen LogP contribution is 2.26. The Morgan fingerprint density at radius 3 is 2.70 bits per heavy atom. The maximum atomic E-state index is 12.1. The quantitative estimate of drug-likeness (QED) is 0.899. The second kappa shape index (κ2) is 7.29. The van der Waals surface area contributed by atoms with Crippen molar-refractivity contribution in [1.29, 1.82) is 0 Å². The minimum absolute atomic E-state index is 0.0329. The lowest BCUT2D eigenvalue weighted by atomic mass is 10.1. The van der Waals surface area contributed by atoms with Crippen LogP contribution >= 0.6 is 0 Å². The van der Waals surface area contributed by atoms with Gasteiger partial charge in [0.2, 0.25) is 0 Å². The van der Waals surface area contributed by atoms with Crippen LogP contribution < -0.4 is 4.74 Å². The van der Waals surface area contributed by atoms with Crippen molar-refractivity contribution in [1.82, 2.24) is 4.90 Å². The van der Waals surface area contributed by atoms with Crippen LogP contribution in [0, 0.1) is 0 Å². The third kappa shape index (κ3) is 3.73. The van der Waals surface area contributed by atoms with Gasteiger partial charge in [0, 0.05) is 18.7 Å². The lowest BCUT2D eigenvalue weighted by molar-refractivity contribution is -0.134. The molecule has 0 saturated carbocycles. The molecule has 4 nitrogen and oxygen atoms in total. The fraction of sp³-hybridized carbons (Fsp3) is 0.562. The van der Waals surface area contributed by atoms with Gasteiger partial charge in [0.25, 0.3) is 5.91 Å². The number of nitrogens with zero attached hydrogens (tertiary/aromatic N) is 1. The molecule has 1 aromatic rings. The molecule has 0 aromatic heterocycles. The van der Waals surface area contributed by atoms with E-state index in [1.54, 1.807) is 6.07 Å². The summed E-state index contributed by atoms with van der Waals surface area (Å²) in [6.07, 6.45) is 3.45. The summed E-state index contributed by atoms with van der Waals surface area (Å²) in [7, 11) is 0. The number of para-hydroxylation sites is 1. The van der Waals surface area contributed by atoms with Crippen molar-refractivity contribution in [3.63, 3.8) is 0 Å². The van der Waals surface area contributed by atoms with Crippen LogP contribution in [-0.2, 0) is 4.79 Å². The van der Waals surface area contributed by atoms with E-state index < -0.39 is 6.10 Å². The molecule has 1 N–H and O–H groups in total. The minimum Gasteiger partial charge on any atom is -0.483 e. The number of piperidine rings is 1. The molecule has 1 atom stereocenters. The largest absolute Gasteiger partial charge is 0.483 e. The molecule has 1 heterocycles. The fourth-order valence-electron chi connectivity index (χ4n) is 2.48. The highest BCUT2D eigenvalue weighted by Gasteiger charge is 2.18. The molecule has 0 aliphatic carbocycles. The van der Waals surface area contributed by atoms with E-state index in [4.69, 9.17) is 4.74 Å². The van der Waals surface area contributed by atoms with E-state index in [0.29, 0.717) is 12.2 Å². The molecule has 1 saturated heterocycles. The number of hydrogen-bond acceptors (Lipinski definition) is 3. The average molecular weight is 277 g/mol. The normalized spacial score (nSPS) is 16.8. The third-order valence-corrected chi connectivity index (χ3v) is 3.72. The standard InChI is InChI=1S/C16H23NO3/c1-2-14(18)13-8-4-5-9-15(13)20-12-16(19)17-10-6-3-7-11-17/h4-5,8-9,14,18H,2-3,6-7,10-12H2,1H3. The molecule has 1 unspecified atom stereocenters. The summed E-state index contributed by atoms with van der Waals surface area (Å²) >= 11 is 0. The SMILES string of the molecule is CCC(O)c1ccccc1OCC(=O)N1CCCCC1. The van der Waals surface area contributed by atoms with Crippen LogP contribution in [0.2, 0.25) is 0 Å². The smallest absolute Gasteiger partial charge is 0.260 e. The third-order valence-electron chi connectivity index (χ3n) is 3.72. The number of amides is 1. The summed E-state index contributed by atoms with van der Waals surface area (Å²) in [6.45, 7) is 3.64. The summed E-state index contributed by atoms with van der Waals surface area (Å²) in [5.41, 5.74) is 0.751. The van der Waals surface area contributed by atoms with E-state index in [9.17, 15) is 9.90 Å². The number of carbonyl (C=O) groups is 1. The Morgan fingerprint density at radius 1 is 1.30 bits per heavy atom. The van der Waals surface area contributed by atoms with Crippen molar-refractivity contribution in [2.24, 2.45) is 0 Å². The summed E-state index contributed by atoms with van der Waals surface area (Å²) < 4.78 is 5.62. The monoisotopic (exact) mass is 277 g/mol. The van der Waals surface area contributed by atoms with Gasteiger partial charge in [-0.2, -0.15) is 0 Å². The molecule has 20 heavy (non-hydrogen) atoms.